The molecule has 0 radical (unpaired) electrons. The Hall–Kier alpha value is -2.64. The van der Waals surface area contributed by atoms with Crippen molar-refractivity contribution in [3.8, 4) is 0 Å². The quantitative estimate of drug-likeness (QED) is 0.422. The van der Waals surface area contributed by atoms with E-state index in [-0.39, 0.29) is 11.2 Å². The van der Waals surface area contributed by atoms with Crippen LogP contribution in [0.3, 0.4) is 0 Å². The minimum absolute atomic E-state index is 0.328. The largest absolute Gasteiger partial charge is 0.349 e. The average Bonchev–Trinajstić information content (AvgIpc) is 3.38. The topological polar surface area (TPSA) is 9.23 Å². The minimum Gasteiger partial charge on any atom is -0.349 e. The van der Waals surface area contributed by atoms with Crippen molar-refractivity contribution in [2.24, 2.45) is 23.7 Å². The standard InChI is InChI=1S/C27H22O/c1-3-10-18(11-4-1)26-22-16-7-8-17-23(22)27(28-26,19-12-5-2-6-13-19)25-21-15-9-14-20(21)24(25)26/h1-14,16-17,20-21,24-25H,15H2/t20-,21+,24-,25+,26+,27+/m1/s1. The molecule has 0 aromatic heterocycles. The lowest BCUT2D eigenvalue weighted by Gasteiger charge is -2.56. The molecule has 28 heavy (non-hydrogen) atoms. The van der Waals surface area contributed by atoms with Gasteiger partial charge in [0.05, 0.1) is 0 Å². The Balaban J connectivity index is 1.58. The van der Waals surface area contributed by atoms with Gasteiger partial charge in [0.15, 0.2) is 0 Å². The van der Waals surface area contributed by atoms with Crippen molar-refractivity contribution in [3.63, 3.8) is 0 Å². The summed E-state index contributed by atoms with van der Waals surface area (Å²) < 4.78 is 7.38. The van der Waals surface area contributed by atoms with E-state index in [1.165, 1.54) is 28.7 Å². The number of hydrogen-bond donors (Lipinski definition) is 0. The Morgan fingerprint density at radius 1 is 0.643 bits per heavy atom. The molecule has 2 heterocycles. The molecule has 2 fully saturated rings. The molecule has 1 heteroatoms. The van der Waals surface area contributed by atoms with Gasteiger partial charge < -0.3 is 4.74 Å². The number of fused-ring (bicyclic) bond motifs is 11. The Morgan fingerprint density at radius 3 is 1.79 bits per heavy atom. The van der Waals surface area contributed by atoms with Crippen LogP contribution in [0.5, 0.6) is 0 Å². The minimum atomic E-state index is -0.339. The molecule has 2 bridgehead atoms. The van der Waals surface area contributed by atoms with Crippen molar-refractivity contribution in [3.05, 3.63) is 119 Å². The number of hydrogen-bond acceptors (Lipinski definition) is 1. The summed E-state index contributed by atoms with van der Waals surface area (Å²) in [5.41, 5.74) is 4.73. The summed E-state index contributed by atoms with van der Waals surface area (Å²) in [5, 5.41) is 0. The van der Waals surface area contributed by atoms with E-state index in [4.69, 9.17) is 4.74 Å². The molecule has 2 aliphatic carbocycles. The molecule has 0 N–H and O–H groups in total. The predicted octanol–water partition coefficient (Wildman–Crippen LogP) is 5.66. The molecular weight excluding hydrogens is 340 g/mol. The van der Waals surface area contributed by atoms with Crippen LogP contribution in [-0.2, 0) is 15.9 Å². The fourth-order valence-electron chi connectivity index (χ4n) is 7.08. The lowest BCUT2D eigenvalue weighted by atomic mass is 9.44. The predicted molar refractivity (Wildman–Crippen MR) is 110 cm³/mol. The highest BCUT2D eigenvalue weighted by Crippen LogP contribution is 2.78. The fraction of sp³-hybridized carbons (Fsp3) is 0.259. The summed E-state index contributed by atoms with van der Waals surface area (Å²) in [6.45, 7) is 0. The molecule has 2 aliphatic heterocycles. The van der Waals surface area contributed by atoms with E-state index in [0.717, 1.165) is 0 Å². The summed E-state index contributed by atoms with van der Waals surface area (Å²) in [6.07, 6.45) is 6.08. The normalized spacial score (nSPS) is 38.6. The first-order chi connectivity index (χ1) is 13.9. The zero-order chi connectivity index (χ0) is 18.3. The van der Waals surface area contributed by atoms with Crippen LogP contribution in [0.2, 0.25) is 0 Å². The maximum Gasteiger partial charge on any atom is 0.124 e. The smallest absolute Gasteiger partial charge is 0.124 e. The lowest BCUT2D eigenvalue weighted by Crippen LogP contribution is -2.56. The van der Waals surface area contributed by atoms with Crippen molar-refractivity contribution in [1.29, 1.82) is 0 Å². The molecule has 0 spiro atoms. The van der Waals surface area contributed by atoms with E-state index in [1.807, 2.05) is 0 Å². The molecule has 0 unspecified atom stereocenters. The molecule has 7 rings (SSSR count). The zero-order valence-corrected chi connectivity index (χ0v) is 15.7. The Kier molecular flexibility index (Phi) is 2.75. The Labute approximate surface area is 165 Å². The molecule has 1 nitrogen and oxygen atoms in total. The number of ether oxygens (including phenoxy) is 1. The molecule has 4 aliphatic rings. The van der Waals surface area contributed by atoms with Gasteiger partial charge in [-0.15, -0.1) is 0 Å². The maximum atomic E-state index is 7.38. The second kappa shape index (κ2) is 5.04. The molecule has 0 amide bonds. The maximum absolute atomic E-state index is 7.38. The summed E-state index contributed by atoms with van der Waals surface area (Å²) in [7, 11) is 0. The average molecular weight is 362 g/mol. The van der Waals surface area contributed by atoms with E-state index in [0.29, 0.717) is 23.7 Å². The summed E-state index contributed by atoms with van der Waals surface area (Å²) in [5.74, 6) is 2.37. The molecule has 3 aromatic rings. The summed E-state index contributed by atoms with van der Waals surface area (Å²) >= 11 is 0. The second-order valence-corrected chi connectivity index (χ2v) is 8.81. The first-order valence-electron chi connectivity index (χ1n) is 10.5. The van der Waals surface area contributed by atoms with Crippen LogP contribution < -0.4 is 0 Å². The van der Waals surface area contributed by atoms with Crippen LogP contribution in [0.4, 0.5) is 0 Å². The van der Waals surface area contributed by atoms with Crippen LogP contribution in [0.1, 0.15) is 28.7 Å². The van der Waals surface area contributed by atoms with E-state index < -0.39 is 0 Å². The first-order valence-corrected chi connectivity index (χ1v) is 10.5. The highest BCUT2D eigenvalue weighted by atomic mass is 16.5. The van der Waals surface area contributed by atoms with Gasteiger partial charge in [0.2, 0.25) is 0 Å². The summed E-state index contributed by atoms with van der Waals surface area (Å²) in [6, 6.07) is 30.9. The van der Waals surface area contributed by atoms with Gasteiger partial charge in [-0.25, -0.2) is 0 Å². The van der Waals surface area contributed by atoms with Gasteiger partial charge in [-0.1, -0.05) is 97.1 Å². The lowest BCUT2D eigenvalue weighted by molar-refractivity contribution is -0.0530. The third-order valence-corrected chi connectivity index (χ3v) is 7.92. The van der Waals surface area contributed by atoms with Crippen molar-refractivity contribution in [2.45, 2.75) is 17.6 Å². The van der Waals surface area contributed by atoms with Gasteiger partial charge in [0.1, 0.15) is 11.2 Å². The SMILES string of the molecule is C1=C[C@@H]2[C@H](C1)[C@H]1[C@@H]2[C@@]2(c3ccccc3)O[C@@]1(c1ccccc1)c1ccccc12. The molecule has 6 atom stereocenters. The van der Waals surface area contributed by atoms with Crippen molar-refractivity contribution < 1.29 is 4.74 Å². The van der Waals surface area contributed by atoms with Gasteiger partial charge in [-0.2, -0.15) is 0 Å². The third kappa shape index (κ3) is 1.50. The van der Waals surface area contributed by atoms with Crippen molar-refractivity contribution >= 4 is 0 Å². The van der Waals surface area contributed by atoms with Gasteiger partial charge in [-0.3, -0.25) is 0 Å². The molecule has 1 saturated carbocycles. The van der Waals surface area contributed by atoms with Crippen LogP contribution in [0.15, 0.2) is 97.1 Å². The monoisotopic (exact) mass is 362 g/mol. The van der Waals surface area contributed by atoms with Gasteiger partial charge in [-0.05, 0) is 40.5 Å². The summed E-state index contributed by atoms with van der Waals surface area (Å²) in [4.78, 5) is 0. The van der Waals surface area contributed by atoms with E-state index in [9.17, 15) is 0 Å². The van der Waals surface area contributed by atoms with Gasteiger partial charge >= 0.3 is 0 Å². The van der Waals surface area contributed by atoms with E-state index >= 15 is 0 Å². The van der Waals surface area contributed by atoms with E-state index in [2.05, 4.69) is 97.1 Å². The van der Waals surface area contributed by atoms with Gasteiger partial charge in [0.25, 0.3) is 0 Å². The fourth-order valence-corrected chi connectivity index (χ4v) is 7.08. The van der Waals surface area contributed by atoms with Crippen LogP contribution in [0, 0.1) is 23.7 Å². The highest BCUT2D eigenvalue weighted by molar-refractivity contribution is 5.59. The molecular formula is C27H22O. The van der Waals surface area contributed by atoms with Crippen LogP contribution >= 0.6 is 0 Å². The number of allylic oxidation sites excluding steroid dienone is 2. The Morgan fingerprint density at radius 2 is 1.18 bits per heavy atom. The van der Waals surface area contributed by atoms with Crippen LogP contribution in [0.25, 0.3) is 0 Å². The third-order valence-electron chi connectivity index (χ3n) is 7.92. The van der Waals surface area contributed by atoms with Crippen LogP contribution in [-0.4, -0.2) is 0 Å². The van der Waals surface area contributed by atoms with Crippen molar-refractivity contribution in [2.75, 3.05) is 0 Å². The van der Waals surface area contributed by atoms with Crippen molar-refractivity contribution in [1.82, 2.24) is 0 Å². The van der Waals surface area contributed by atoms with Gasteiger partial charge in [0, 0.05) is 11.8 Å². The zero-order valence-electron chi connectivity index (χ0n) is 15.7. The number of rotatable bonds is 2. The Bertz CT molecular complexity index is 1100. The van der Waals surface area contributed by atoms with E-state index in [1.54, 1.807) is 0 Å². The second-order valence-electron chi connectivity index (χ2n) is 8.81. The first kappa shape index (κ1) is 15.3. The highest BCUT2D eigenvalue weighted by Gasteiger charge is 2.78. The number of benzene rings is 3. The molecule has 136 valence electrons. The molecule has 1 saturated heterocycles. The molecule has 3 aromatic carbocycles.